The molecule has 5 nitrogen and oxygen atoms in total. The number of hydrogen-bond donors (Lipinski definition) is 1. The number of hydrogen-bond acceptors (Lipinski definition) is 4. The second-order valence-corrected chi connectivity index (χ2v) is 6.73. The summed E-state index contributed by atoms with van der Waals surface area (Å²) in [6.07, 6.45) is 5.20. The molecule has 1 aliphatic carbocycles. The Hall–Kier alpha value is -0.880. The van der Waals surface area contributed by atoms with Gasteiger partial charge in [-0.15, -0.1) is 0 Å². The van der Waals surface area contributed by atoms with Crippen LogP contribution in [0, 0.1) is 5.92 Å². The lowest BCUT2D eigenvalue weighted by molar-refractivity contribution is 0.390. The highest BCUT2D eigenvalue weighted by atomic mass is 79.9. The summed E-state index contributed by atoms with van der Waals surface area (Å²) in [7, 11) is 4.12. The zero-order valence-corrected chi connectivity index (χ0v) is 14.0. The van der Waals surface area contributed by atoms with E-state index in [-0.39, 0.29) is 5.56 Å². The molecule has 1 unspecified atom stereocenters. The summed E-state index contributed by atoms with van der Waals surface area (Å²) in [6, 6.07) is 0.300. The predicted molar refractivity (Wildman–Crippen MR) is 85.2 cm³/mol. The van der Waals surface area contributed by atoms with Crippen LogP contribution in [0.15, 0.2) is 15.5 Å². The third kappa shape index (κ3) is 4.31. The zero-order chi connectivity index (χ0) is 14.7. The predicted octanol–water partition coefficient (Wildman–Crippen LogP) is 2.17. The topological polar surface area (TPSA) is 50.2 Å². The quantitative estimate of drug-likeness (QED) is 0.824. The molecule has 1 N–H and O–H groups in total. The van der Waals surface area contributed by atoms with Crippen molar-refractivity contribution in [2.45, 2.75) is 38.8 Å². The van der Waals surface area contributed by atoms with Crippen LogP contribution in [-0.4, -0.2) is 41.4 Å². The normalized spacial score (nSPS) is 16.4. The molecule has 0 bridgehead atoms. The zero-order valence-electron chi connectivity index (χ0n) is 12.4. The van der Waals surface area contributed by atoms with Gasteiger partial charge in [0.15, 0.2) is 0 Å². The van der Waals surface area contributed by atoms with Crippen molar-refractivity contribution in [2.75, 3.05) is 26.0 Å². The lowest BCUT2D eigenvalue weighted by Crippen LogP contribution is -2.28. The van der Waals surface area contributed by atoms with E-state index in [1.165, 1.54) is 12.8 Å². The largest absolute Gasteiger partial charge is 0.380 e. The fourth-order valence-corrected chi connectivity index (χ4v) is 2.45. The maximum atomic E-state index is 12.2. The molecule has 1 fully saturated rings. The smallest absolute Gasteiger partial charge is 0.283 e. The Labute approximate surface area is 128 Å². The number of halogens is 1. The van der Waals surface area contributed by atoms with Crippen molar-refractivity contribution in [3.63, 3.8) is 0 Å². The van der Waals surface area contributed by atoms with Crippen LogP contribution in [0.4, 0.5) is 5.69 Å². The summed E-state index contributed by atoms with van der Waals surface area (Å²) < 4.78 is 2.15. The Balaban J connectivity index is 2.01. The number of nitrogens with zero attached hydrogens (tertiary/aromatic N) is 3. The van der Waals surface area contributed by atoms with Crippen molar-refractivity contribution in [1.82, 2.24) is 14.7 Å². The monoisotopic (exact) mass is 342 g/mol. The molecule has 6 heteroatoms. The summed E-state index contributed by atoms with van der Waals surface area (Å²) in [5.74, 6) is 0.643. The second kappa shape index (κ2) is 6.72. The third-order valence-corrected chi connectivity index (χ3v) is 4.29. The van der Waals surface area contributed by atoms with E-state index in [1.54, 1.807) is 10.9 Å². The van der Waals surface area contributed by atoms with Crippen LogP contribution in [0.25, 0.3) is 0 Å². The van der Waals surface area contributed by atoms with Gasteiger partial charge in [-0.1, -0.05) is 0 Å². The Morgan fingerprint density at radius 2 is 2.25 bits per heavy atom. The van der Waals surface area contributed by atoms with Crippen molar-refractivity contribution >= 4 is 21.6 Å². The number of anilines is 1. The van der Waals surface area contributed by atoms with Crippen molar-refractivity contribution < 1.29 is 0 Å². The van der Waals surface area contributed by atoms with E-state index in [9.17, 15) is 4.79 Å². The molecule has 0 amide bonds. The molecule has 1 aliphatic rings. The lowest BCUT2D eigenvalue weighted by atomic mass is 10.2. The standard InChI is InChI=1S/C14H23BrN4O/c1-10(6-7-18(2)3)17-12-8-16-19(9-11-4-5-11)14(20)13(12)15/h8,10-11,17H,4-7,9H2,1-3H3. The molecule has 20 heavy (non-hydrogen) atoms. The second-order valence-electron chi connectivity index (χ2n) is 5.94. The van der Waals surface area contributed by atoms with Gasteiger partial charge in [0, 0.05) is 12.6 Å². The molecule has 0 aliphatic heterocycles. The highest BCUT2D eigenvalue weighted by molar-refractivity contribution is 9.10. The first-order valence-corrected chi connectivity index (χ1v) is 7.93. The lowest BCUT2D eigenvalue weighted by Gasteiger charge is -2.18. The molecular formula is C14H23BrN4O. The van der Waals surface area contributed by atoms with Gasteiger partial charge in [0.05, 0.1) is 11.9 Å². The van der Waals surface area contributed by atoms with Crippen LogP contribution in [0.5, 0.6) is 0 Å². The van der Waals surface area contributed by atoms with Crippen molar-refractivity contribution in [2.24, 2.45) is 5.92 Å². The first kappa shape index (κ1) is 15.5. The van der Waals surface area contributed by atoms with Crippen LogP contribution in [0.3, 0.4) is 0 Å². The van der Waals surface area contributed by atoms with Gasteiger partial charge in [0.1, 0.15) is 4.47 Å². The molecule has 0 saturated heterocycles. The molecule has 0 aromatic carbocycles. The fraction of sp³-hybridized carbons (Fsp3) is 0.714. The molecule has 0 spiro atoms. The van der Waals surface area contributed by atoms with Crippen LogP contribution in [0.1, 0.15) is 26.2 Å². The molecule has 1 saturated carbocycles. The first-order valence-electron chi connectivity index (χ1n) is 7.14. The molecule has 0 radical (unpaired) electrons. The van der Waals surface area contributed by atoms with Crippen LogP contribution in [-0.2, 0) is 6.54 Å². The van der Waals surface area contributed by atoms with E-state index in [2.05, 4.69) is 52.3 Å². The van der Waals surface area contributed by atoms with E-state index in [1.807, 2.05) is 0 Å². The van der Waals surface area contributed by atoms with Gasteiger partial charge in [-0.05, 0) is 68.7 Å². The molecular weight excluding hydrogens is 320 g/mol. The van der Waals surface area contributed by atoms with E-state index < -0.39 is 0 Å². The SMILES string of the molecule is CC(CCN(C)C)Nc1cnn(CC2CC2)c(=O)c1Br. The summed E-state index contributed by atoms with van der Waals surface area (Å²) in [5, 5.41) is 7.62. The molecule has 2 rings (SSSR count). The fourth-order valence-electron chi connectivity index (χ4n) is 2.03. The van der Waals surface area contributed by atoms with Crippen LogP contribution < -0.4 is 10.9 Å². The third-order valence-electron chi connectivity index (χ3n) is 3.52. The molecule has 1 aromatic rings. The van der Waals surface area contributed by atoms with Gasteiger partial charge < -0.3 is 10.2 Å². The minimum Gasteiger partial charge on any atom is -0.380 e. The number of rotatable bonds is 7. The highest BCUT2D eigenvalue weighted by Crippen LogP contribution is 2.30. The van der Waals surface area contributed by atoms with Gasteiger partial charge in [-0.25, -0.2) is 4.68 Å². The molecule has 112 valence electrons. The maximum absolute atomic E-state index is 12.2. The Morgan fingerprint density at radius 1 is 1.55 bits per heavy atom. The van der Waals surface area contributed by atoms with E-state index in [0.29, 0.717) is 16.4 Å². The summed E-state index contributed by atoms with van der Waals surface area (Å²) in [4.78, 5) is 14.4. The molecule has 1 atom stereocenters. The summed E-state index contributed by atoms with van der Waals surface area (Å²) in [6.45, 7) is 3.87. The van der Waals surface area contributed by atoms with Crippen molar-refractivity contribution in [3.05, 3.63) is 21.0 Å². The van der Waals surface area contributed by atoms with Gasteiger partial charge >= 0.3 is 0 Å². The van der Waals surface area contributed by atoms with Gasteiger partial charge in [-0.2, -0.15) is 5.10 Å². The summed E-state index contributed by atoms with van der Waals surface area (Å²) >= 11 is 3.40. The van der Waals surface area contributed by atoms with Crippen LogP contribution in [0.2, 0.25) is 0 Å². The number of aromatic nitrogens is 2. The van der Waals surface area contributed by atoms with Gasteiger partial charge in [0.25, 0.3) is 5.56 Å². The average molecular weight is 343 g/mol. The highest BCUT2D eigenvalue weighted by Gasteiger charge is 2.23. The maximum Gasteiger partial charge on any atom is 0.283 e. The first-order chi connectivity index (χ1) is 9.47. The Bertz CT molecular complexity index is 510. The van der Waals surface area contributed by atoms with Gasteiger partial charge in [0.2, 0.25) is 0 Å². The molecule has 1 aromatic heterocycles. The van der Waals surface area contributed by atoms with Gasteiger partial charge in [-0.3, -0.25) is 4.79 Å². The van der Waals surface area contributed by atoms with E-state index in [4.69, 9.17) is 0 Å². The number of nitrogens with one attached hydrogen (secondary N) is 1. The van der Waals surface area contributed by atoms with Crippen molar-refractivity contribution in [3.8, 4) is 0 Å². The molecule has 1 heterocycles. The minimum atomic E-state index is -0.0401. The Morgan fingerprint density at radius 3 is 2.85 bits per heavy atom. The van der Waals surface area contributed by atoms with E-state index in [0.717, 1.165) is 25.2 Å². The minimum absolute atomic E-state index is 0.0401. The summed E-state index contributed by atoms with van der Waals surface area (Å²) in [5.41, 5.74) is 0.745. The Kier molecular flexibility index (Phi) is 5.21. The average Bonchev–Trinajstić information content (AvgIpc) is 3.20. The van der Waals surface area contributed by atoms with Crippen LogP contribution >= 0.6 is 15.9 Å². The van der Waals surface area contributed by atoms with E-state index >= 15 is 0 Å². The van der Waals surface area contributed by atoms with Crippen molar-refractivity contribution in [1.29, 1.82) is 0 Å².